The summed E-state index contributed by atoms with van der Waals surface area (Å²) in [5.74, 6) is 0.0729. The van der Waals surface area contributed by atoms with Crippen LogP contribution in [0.2, 0.25) is 0 Å². The summed E-state index contributed by atoms with van der Waals surface area (Å²) in [7, 11) is 1.89. The van der Waals surface area contributed by atoms with E-state index in [-0.39, 0.29) is 12.0 Å². The molecule has 23 heavy (non-hydrogen) atoms. The van der Waals surface area contributed by atoms with Gasteiger partial charge in [0.25, 0.3) is 5.91 Å². The predicted molar refractivity (Wildman–Crippen MR) is 86.1 cm³/mol. The zero-order valence-electron chi connectivity index (χ0n) is 13.6. The smallest absolute Gasteiger partial charge is 0.270 e. The van der Waals surface area contributed by atoms with Gasteiger partial charge in [-0.3, -0.25) is 4.79 Å². The van der Waals surface area contributed by atoms with E-state index in [1.165, 1.54) is 0 Å². The maximum absolute atomic E-state index is 12.6. The topological polar surface area (TPSA) is 60.2 Å². The molecule has 1 aliphatic rings. The van der Waals surface area contributed by atoms with E-state index in [9.17, 15) is 4.79 Å². The highest BCUT2D eigenvalue weighted by Crippen LogP contribution is 2.15. The van der Waals surface area contributed by atoms with Gasteiger partial charge in [-0.25, -0.2) is 9.97 Å². The van der Waals surface area contributed by atoms with Gasteiger partial charge < -0.3 is 14.2 Å². The summed E-state index contributed by atoms with van der Waals surface area (Å²) in [6, 6.07) is 5.74. The first kappa shape index (κ1) is 15.7. The van der Waals surface area contributed by atoms with Gasteiger partial charge in [0.15, 0.2) is 0 Å². The van der Waals surface area contributed by atoms with Crippen molar-refractivity contribution in [2.75, 3.05) is 19.7 Å². The average Bonchev–Trinajstić information content (AvgIpc) is 2.99. The number of ether oxygens (including phenoxy) is 1. The summed E-state index contributed by atoms with van der Waals surface area (Å²) < 4.78 is 7.67. The van der Waals surface area contributed by atoms with E-state index in [1.54, 1.807) is 6.33 Å². The van der Waals surface area contributed by atoms with Gasteiger partial charge in [0.1, 0.15) is 12.0 Å². The first-order chi connectivity index (χ1) is 11.1. The van der Waals surface area contributed by atoms with Crippen molar-refractivity contribution in [1.29, 1.82) is 0 Å². The summed E-state index contributed by atoms with van der Waals surface area (Å²) >= 11 is 0. The first-order valence-corrected chi connectivity index (χ1v) is 7.93. The lowest BCUT2D eigenvalue weighted by Gasteiger charge is -2.33. The van der Waals surface area contributed by atoms with Crippen LogP contribution in [0.25, 0.3) is 0 Å². The summed E-state index contributed by atoms with van der Waals surface area (Å²) in [5, 5.41) is 0. The number of hydrogen-bond acceptors (Lipinski definition) is 4. The Bertz CT molecular complexity index is 683. The zero-order valence-corrected chi connectivity index (χ0v) is 13.6. The van der Waals surface area contributed by atoms with Crippen molar-refractivity contribution >= 4 is 5.91 Å². The van der Waals surface area contributed by atoms with E-state index >= 15 is 0 Å². The van der Waals surface area contributed by atoms with Crippen molar-refractivity contribution in [3.63, 3.8) is 0 Å². The number of aromatic nitrogens is 3. The van der Waals surface area contributed by atoms with Crippen molar-refractivity contribution in [3.05, 3.63) is 47.8 Å². The minimum absolute atomic E-state index is 0.0586. The van der Waals surface area contributed by atoms with Crippen molar-refractivity contribution in [3.8, 4) is 0 Å². The molecule has 0 saturated carbocycles. The molecule has 0 unspecified atom stereocenters. The largest absolute Gasteiger partial charge is 0.375 e. The lowest BCUT2D eigenvalue weighted by Crippen LogP contribution is -2.46. The van der Waals surface area contributed by atoms with Gasteiger partial charge in [0, 0.05) is 37.7 Å². The molecule has 0 N–H and O–H groups in total. The van der Waals surface area contributed by atoms with Gasteiger partial charge in [-0.15, -0.1) is 0 Å². The van der Waals surface area contributed by atoms with Crippen LogP contribution in [0, 0.1) is 6.92 Å². The van der Waals surface area contributed by atoms with Crippen LogP contribution >= 0.6 is 0 Å². The SMILES string of the molecule is Cc1cc(CC[C@@H]2CN(C(=O)c3cccn3C)CCO2)ncn1. The Morgan fingerprint density at radius 2 is 2.30 bits per heavy atom. The van der Waals surface area contributed by atoms with E-state index in [4.69, 9.17) is 4.74 Å². The van der Waals surface area contributed by atoms with Crippen LogP contribution in [0.5, 0.6) is 0 Å². The number of aryl methyl sites for hydroxylation is 3. The molecule has 6 nitrogen and oxygen atoms in total. The van der Waals surface area contributed by atoms with Crippen molar-refractivity contribution in [2.45, 2.75) is 25.9 Å². The number of amides is 1. The van der Waals surface area contributed by atoms with Crippen LogP contribution in [0.4, 0.5) is 0 Å². The van der Waals surface area contributed by atoms with E-state index in [2.05, 4.69) is 9.97 Å². The highest BCUT2D eigenvalue weighted by atomic mass is 16.5. The van der Waals surface area contributed by atoms with Crippen LogP contribution in [0.3, 0.4) is 0 Å². The fourth-order valence-corrected chi connectivity index (χ4v) is 2.88. The Hall–Kier alpha value is -2.21. The molecule has 2 aromatic heterocycles. The summed E-state index contributed by atoms with van der Waals surface area (Å²) in [4.78, 5) is 22.8. The summed E-state index contributed by atoms with van der Waals surface area (Å²) in [6.45, 7) is 3.83. The minimum Gasteiger partial charge on any atom is -0.375 e. The highest BCUT2D eigenvalue weighted by molar-refractivity contribution is 5.92. The van der Waals surface area contributed by atoms with Gasteiger partial charge in [-0.2, -0.15) is 0 Å². The Morgan fingerprint density at radius 3 is 3.04 bits per heavy atom. The van der Waals surface area contributed by atoms with Gasteiger partial charge in [0.2, 0.25) is 0 Å². The second-order valence-electron chi connectivity index (χ2n) is 5.94. The normalized spacial score (nSPS) is 18.2. The molecular formula is C17H22N4O2. The maximum atomic E-state index is 12.6. The standard InChI is InChI=1S/C17H22N4O2/c1-13-10-14(19-12-18-13)5-6-15-11-21(8-9-23-15)17(22)16-4-3-7-20(16)2/h3-4,7,10,12,15H,5-6,8-9,11H2,1-2H3/t15-/m1/s1. The molecule has 0 aliphatic carbocycles. The Balaban J connectivity index is 1.58. The number of morpholine rings is 1. The third kappa shape index (κ3) is 3.76. The van der Waals surface area contributed by atoms with Crippen LogP contribution in [-0.4, -0.2) is 51.1 Å². The van der Waals surface area contributed by atoms with Crippen LogP contribution < -0.4 is 0 Å². The average molecular weight is 314 g/mol. The van der Waals surface area contributed by atoms with Gasteiger partial charge >= 0.3 is 0 Å². The Labute approximate surface area is 136 Å². The molecule has 0 aromatic carbocycles. The van der Waals surface area contributed by atoms with Gasteiger partial charge in [-0.05, 0) is 38.0 Å². The van der Waals surface area contributed by atoms with Crippen molar-refractivity contribution in [1.82, 2.24) is 19.4 Å². The third-order valence-corrected chi connectivity index (χ3v) is 4.17. The second-order valence-corrected chi connectivity index (χ2v) is 5.94. The Kier molecular flexibility index (Phi) is 4.71. The molecule has 1 amide bonds. The van der Waals surface area contributed by atoms with Crippen LogP contribution in [0.15, 0.2) is 30.7 Å². The van der Waals surface area contributed by atoms with E-state index in [0.717, 1.165) is 29.9 Å². The number of carbonyl (C=O) groups is 1. The van der Waals surface area contributed by atoms with Crippen molar-refractivity contribution in [2.24, 2.45) is 7.05 Å². The van der Waals surface area contributed by atoms with E-state index in [1.807, 2.05) is 47.8 Å². The summed E-state index contributed by atoms with van der Waals surface area (Å²) in [5.41, 5.74) is 2.71. The third-order valence-electron chi connectivity index (χ3n) is 4.17. The number of carbonyl (C=O) groups excluding carboxylic acids is 1. The lowest BCUT2D eigenvalue weighted by atomic mass is 10.1. The summed E-state index contributed by atoms with van der Waals surface area (Å²) in [6.07, 6.45) is 5.23. The van der Waals surface area contributed by atoms with Gasteiger partial charge in [0.05, 0.1) is 12.7 Å². The number of hydrogen-bond donors (Lipinski definition) is 0. The quantitative estimate of drug-likeness (QED) is 0.860. The highest BCUT2D eigenvalue weighted by Gasteiger charge is 2.26. The molecule has 1 saturated heterocycles. The van der Waals surface area contributed by atoms with E-state index < -0.39 is 0 Å². The predicted octanol–water partition coefficient (Wildman–Crippen LogP) is 1.60. The lowest BCUT2D eigenvalue weighted by molar-refractivity contribution is -0.0249. The minimum atomic E-state index is 0.0586. The number of nitrogens with zero attached hydrogens (tertiary/aromatic N) is 4. The Morgan fingerprint density at radius 1 is 1.43 bits per heavy atom. The molecule has 0 spiro atoms. The maximum Gasteiger partial charge on any atom is 0.270 e. The molecule has 0 radical (unpaired) electrons. The monoisotopic (exact) mass is 314 g/mol. The van der Waals surface area contributed by atoms with Crippen LogP contribution in [-0.2, 0) is 18.2 Å². The zero-order chi connectivity index (χ0) is 16.2. The van der Waals surface area contributed by atoms with E-state index in [0.29, 0.717) is 19.7 Å². The van der Waals surface area contributed by atoms with Crippen LogP contribution in [0.1, 0.15) is 28.3 Å². The number of rotatable bonds is 4. The molecule has 1 aliphatic heterocycles. The fraction of sp³-hybridized carbons (Fsp3) is 0.471. The molecule has 6 heteroatoms. The molecule has 122 valence electrons. The van der Waals surface area contributed by atoms with Crippen molar-refractivity contribution < 1.29 is 9.53 Å². The van der Waals surface area contributed by atoms with Gasteiger partial charge in [-0.1, -0.05) is 0 Å². The molecule has 1 atom stereocenters. The molecule has 1 fully saturated rings. The second kappa shape index (κ2) is 6.91. The molecule has 3 heterocycles. The molecule has 2 aromatic rings. The molecule has 3 rings (SSSR count). The first-order valence-electron chi connectivity index (χ1n) is 7.93. The molecular weight excluding hydrogens is 292 g/mol. The molecule has 0 bridgehead atoms. The fourth-order valence-electron chi connectivity index (χ4n) is 2.88.